The van der Waals surface area contributed by atoms with Crippen molar-refractivity contribution in [2.45, 2.75) is 31.8 Å². The maximum Gasteiger partial charge on any atom is 0.248 e. The van der Waals surface area contributed by atoms with Gasteiger partial charge in [0.25, 0.3) is 0 Å². The van der Waals surface area contributed by atoms with Crippen LogP contribution in [0.4, 0.5) is 0 Å². The minimum atomic E-state index is -1.30. The summed E-state index contributed by atoms with van der Waals surface area (Å²) in [6.45, 7) is 1.93. The Morgan fingerprint density at radius 1 is 1.53 bits per heavy atom. The van der Waals surface area contributed by atoms with Crippen LogP contribution in [0, 0.1) is 5.92 Å². The lowest BCUT2D eigenvalue weighted by atomic mass is 9.94. The first kappa shape index (κ1) is 13.9. The van der Waals surface area contributed by atoms with Crippen molar-refractivity contribution in [3.8, 4) is 0 Å². The van der Waals surface area contributed by atoms with Gasteiger partial charge in [0.1, 0.15) is 6.10 Å². The number of primary amides is 1. The molecule has 0 radical (unpaired) electrons. The molecule has 1 saturated heterocycles. The fourth-order valence-electron chi connectivity index (χ4n) is 1.91. The van der Waals surface area contributed by atoms with Crippen LogP contribution in [0.1, 0.15) is 25.7 Å². The second-order valence-electron chi connectivity index (χ2n) is 4.47. The monoisotopic (exact) mass is 243 g/mol. The van der Waals surface area contributed by atoms with Crippen LogP contribution in [0.5, 0.6) is 0 Å². The van der Waals surface area contributed by atoms with Crippen LogP contribution in [0.25, 0.3) is 0 Å². The van der Waals surface area contributed by atoms with E-state index >= 15 is 0 Å². The molecule has 0 aromatic rings. The molecule has 1 rings (SSSR count). The molecule has 6 heteroatoms. The van der Waals surface area contributed by atoms with E-state index in [0.29, 0.717) is 12.3 Å². The van der Waals surface area contributed by atoms with Gasteiger partial charge >= 0.3 is 0 Å². The predicted octanol–water partition coefficient (Wildman–Crippen LogP) is -1.27. The van der Waals surface area contributed by atoms with E-state index in [4.69, 9.17) is 10.8 Å². The van der Waals surface area contributed by atoms with Crippen LogP contribution in [-0.2, 0) is 9.59 Å². The minimum absolute atomic E-state index is 0.100. The summed E-state index contributed by atoms with van der Waals surface area (Å²) in [6, 6.07) is 0. The van der Waals surface area contributed by atoms with Crippen molar-refractivity contribution in [2.24, 2.45) is 11.7 Å². The minimum Gasteiger partial charge on any atom is -0.381 e. The molecular formula is C11H21N3O3. The lowest BCUT2D eigenvalue weighted by molar-refractivity contribution is -0.127. The maximum atomic E-state index is 11.4. The van der Waals surface area contributed by atoms with Crippen LogP contribution in [-0.4, -0.2) is 42.7 Å². The first-order valence-electron chi connectivity index (χ1n) is 6.04. The Labute approximate surface area is 101 Å². The van der Waals surface area contributed by atoms with E-state index in [1.54, 1.807) is 0 Å². The third-order valence-electron chi connectivity index (χ3n) is 3.00. The van der Waals surface area contributed by atoms with Gasteiger partial charge in [0.05, 0.1) is 6.54 Å². The van der Waals surface area contributed by atoms with E-state index < -0.39 is 12.0 Å². The Morgan fingerprint density at radius 3 is 2.88 bits per heavy atom. The van der Waals surface area contributed by atoms with Gasteiger partial charge in [-0.1, -0.05) is 0 Å². The molecule has 17 heavy (non-hydrogen) atoms. The smallest absolute Gasteiger partial charge is 0.248 e. The van der Waals surface area contributed by atoms with Crippen molar-refractivity contribution in [1.82, 2.24) is 10.6 Å². The molecule has 2 unspecified atom stereocenters. The van der Waals surface area contributed by atoms with Gasteiger partial charge in [-0.25, -0.2) is 0 Å². The van der Waals surface area contributed by atoms with E-state index in [0.717, 1.165) is 32.4 Å². The molecule has 0 saturated carbocycles. The fraction of sp³-hybridized carbons (Fsp3) is 0.818. The highest BCUT2D eigenvalue weighted by Gasteiger charge is 2.15. The maximum absolute atomic E-state index is 11.4. The van der Waals surface area contributed by atoms with Crippen LogP contribution in [0.15, 0.2) is 0 Å². The summed E-state index contributed by atoms with van der Waals surface area (Å²) in [5.41, 5.74) is 4.86. The van der Waals surface area contributed by atoms with E-state index in [1.165, 1.54) is 0 Å². The van der Waals surface area contributed by atoms with Gasteiger partial charge in [-0.2, -0.15) is 0 Å². The number of aliphatic hydroxyl groups excluding tert-OH is 1. The highest BCUT2D eigenvalue weighted by Crippen LogP contribution is 2.15. The van der Waals surface area contributed by atoms with Gasteiger partial charge in [-0.15, -0.1) is 0 Å². The fourth-order valence-corrected chi connectivity index (χ4v) is 1.91. The number of carbonyl (C=O) groups excluding carboxylic acids is 2. The van der Waals surface area contributed by atoms with E-state index in [2.05, 4.69) is 10.6 Å². The van der Waals surface area contributed by atoms with Crippen LogP contribution >= 0.6 is 0 Å². The number of nitrogens with one attached hydrogen (secondary N) is 2. The zero-order valence-electron chi connectivity index (χ0n) is 9.95. The molecule has 5 N–H and O–H groups in total. The van der Waals surface area contributed by atoms with E-state index in [1.807, 2.05) is 0 Å². The Balaban J connectivity index is 2.10. The lowest BCUT2D eigenvalue weighted by Gasteiger charge is -2.22. The van der Waals surface area contributed by atoms with Crippen molar-refractivity contribution < 1.29 is 14.7 Å². The zero-order chi connectivity index (χ0) is 12.7. The summed E-state index contributed by atoms with van der Waals surface area (Å²) < 4.78 is 0. The number of hydrogen-bond acceptors (Lipinski definition) is 4. The average molecular weight is 243 g/mol. The summed E-state index contributed by atoms with van der Waals surface area (Å²) in [6.07, 6.45) is 2.29. The van der Waals surface area contributed by atoms with Crippen LogP contribution in [0.3, 0.4) is 0 Å². The van der Waals surface area contributed by atoms with Gasteiger partial charge in [0.2, 0.25) is 11.8 Å². The lowest BCUT2D eigenvalue weighted by Crippen LogP contribution is -2.40. The molecule has 0 bridgehead atoms. The highest BCUT2D eigenvalue weighted by atomic mass is 16.3. The van der Waals surface area contributed by atoms with Crippen molar-refractivity contribution in [3.63, 3.8) is 0 Å². The molecule has 1 aliphatic heterocycles. The number of carbonyl (C=O) groups is 2. The Bertz CT molecular complexity index is 265. The average Bonchev–Trinajstić information content (AvgIpc) is 2.34. The van der Waals surface area contributed by atoms with Gasteiger partial charge in [-0.3, -0.25) is 9.59 Å². The standard InChI is InChI=1S/C11H21N3O3/c12-11(17)9(15)7-14-10(16)4-3-8-2-1-5-13-6-8/h8-9,13,15H,1-7H2,(H2,12,17)(H,14,16). The van der Waals surface area contributed by atoms with Crippen LogP contribution in [0.2, 0.25) is 0 Å². The summed E-state index contributed by atoms with van der Waals surface area (Å²) in [7, 11) is 0. The summed E-state index contributed by atoms with van der Waals surface area (Å²) in [5, 5.41) is 14.9. The summed E-state index contributed by atoms with van der Waals surface area (Å²) >= 11 is 0. The summed E-state index contributed by atoms with van der Waals surface area (Å²) in [4.78, 5) is 21.9. The van der Waals surface area contributed by atoms with Crippen molar-refractivity contribution in [1.29, 1.82) is 0 Å². The number of hydrogen-bond donors (Lipinski definition) is 4. The van der Waals surface area contributed by atoms with Crippen molar-refractivity contribution >= 4 is 11.8 Å². The molecule has 2 amide bonds. The molecule has 0 aliphatic carbocycles. The largest absolute Gasteiger partial charge is 0.381 e. The first-order valence-corrected chi connectivity index (χ1v) is 6.04. The second-order valence-corrected chi connectivity index (χ2v) is 4.47. The third kappa shape index (κ3) is 5.65. The van der Waals surface area contributed by atoms with Gasteiger partial charge < -0.3 is 21.5 Å². The zero-order valence-corrected chi connectivity index (χ0v) is 9.95. The quantitative estimate of drug-likeness (QED) is 0.467. The third-order valence-corrected chi connectivity index (χ3v) is 3.00. The van der Waals surface area contributed by atoms with Crippen molar-refractivity contribution in [3.05, 3.63) is 0 Å². The predicted molar refractivity (Wildman–Crippen MR) is 63.0 cm³/mol. The highest BCUT2D eigenvalue weighted by molar-refractivity contribution is 5.80. The topological polar surface area (TPSA) is 104 Å². The molecule has 2 atom stereocenters. The molecule has 1 fully saturated rings. The number of rotatable bonds is 6. The first-order chi connectivity index (χ1) is 8.09. The second kappa shape index (κ2) is 7.24. The van der Waals surface area contributed by atoms with Gasteiger partial charge in [0, 0.05) is 6.42 Å². The summed E-state index contributed by atoms with van der Waals surface area (Å²) in [5.74, 6) is -0.409. The molecule has 98 valence electrons. The Morgan fingerprint density at radius 2 is 2.29 bits per heavy atom. The molecular weight excluding hydrogens is 222 g/mol. The van der Waals surface area contributed by atoms with Gasteiger partial charge in [0.15, 0.2) is 0 Å². The SMILES string of the molecule is NC(=O)C(O)CNC(=O)CCC1CCCNC1. The molecule has 0 spiro atoms. The van der Waals surface area contributed by atoms with Gasteiger partial charge in [-0.05, 0) is 38.3 Å². The number of nitrogens with two attached hydrogens (primary N) is 1. The molecule has 0 aromatic carbocycles. The number of aliphatic hydroxyl groups is 1. The molecule has 1 heterocycles. The Kier molecular flexibility index (Phi) is 5.93. The number of amides is 2. The molecule has 6 nitrogen and oxygen atoms in total. The Hall–Kier alpha value is -1.14. The normalized spacial score (nSPS) is 21.8. The molecule has 1 aliphatic rings. The number of piperidine rings is 1. The van der Waals surface area contributed by atoms with E-state index in [-0.39, 0.29) is 12.5 Å². The molecule has 0 aromatic heterocycles. The van der Waals surface area contributed by atoms with Crippen molar-refractivity contribution in [2.75, 3.05) is 19.6 Å². The van der Waals surface area contributed by atoms with Crippen LogP contribution < -0.4 is 16.4 Å². The van der Waals surface area contributed by atoms with E-state index in [9.17, 15) is 9.59 Å².